The standard InChI is InChI=1S/C13H16BrNO2/c1-9-4-2-6-11(12(9)14)13(16)15-8-10-5-3-7-17-10/h2,4,6,10H,3,5,7-8H2,1H3,(H,15,16). The van der Waals surface area contributed by atoms with Crippen LogP contribution in [0, 0.1) is 6.92 Å². The Morgan fingerprint density at radius 3 is 3.12 bits per heavy atom. The Balaban J connectivity index is 1.97. The van der Waals surface area contributed by atoms with Gasteiger partial charge in [0.25, 0.3) is 5.91 Å². The molecule has 4 heteroatoms. The number of nitrogens with one attached hydrogen (secondary N) is 1. The second kappa shape index (κ2) is 5.65. The lowest BCUT2D eigenvalue weighted by atomic mass is 10.1. The number of halogens is 1. The first kappa shape index (κ1) is 12.6. The van der Waals surface area contributed by atoms with Crippen LogP contribution in [-0.4, -0.2) is 25.2 Å². The van der Waals surface area contributed by atoms with Crippen molar-refractivity contribution in [3.63, 3.8) is 0 Å². The molecule has 0 aromatic heterocycles. The second-order valence-corrected chi connectivity index (χ2v) is 5.07. The summed E-state index contributed by atoms with van der Waals surface area (Å²) in [5, 5.41) is 2.92. The number of ether oxygens (including phenoxy) is 1. The zero-order valence-corrected chi connectivity index (χ0v) is 11.4. The topological polar surface area (TPSA) is 38.3 Å². The van der Waals surface area contributed by atoms with E-state index >= 15 is 0 Å². The van der Waals surface area contributed by atoms with Gasteiger partial charge in [-0.3, -0.25) is 4.79 Å². The van der Waals surface area contributed by atoms with Crippen molar-refractivity contribution in [1.82, 2.24) is 5.32 Å². The molecule has 0 spiro atoms. The van der Waals surface area contributed by atoms with E-state index < -0.39 is 0 Å². The highest BCUT2D eigenvalue weighted by atomic mass is 79.9. The van der Waals surface area contributed by atoms with Gasteiger partial charge in [0, 0.05) is 17.6 Å². The van der Waals surface area contributed by atoms with Crippen molar-refractivity contribution in [2.24, 2.45) is 0 Å². The number of carbonyl (C=O) groups is 1. The van der Waals surface area contributed by atoms with E-state index in [1.165, 1.54) is 0 Å². The fourth-order valence-corrected chi connectivity index (χ4v) is 2.37. The van der Waals surface area contributed by atoms with Crippen LogP contribution in [0.3, 0.4) is 0 Å². The van der Waals surface area contributed by atoms with Gasteiger partial charge in [0.2, 0.25) is 0 Å². The summed E-state index contributed by atoms with van der Waals surface area (Å²) < 4.78 is 6.33. The van der Waals surface area contributed by atoms with Gasteiger partial charge in [0.05, 0.1) is 11.7 Å². The first-order chi connectivity index (χ1) is 8.18. The number of benzene rings is 1. The first-order valence-electron chi connectivity index (χ1n) is 5.83. The highest BCUT2D eigenvalue weighted by Crippen LogP contribution is 2.21. The van der Waals surface area contributed by atoms with Crippen LogP contribution < -0.4 is 5.32 Å². The largest absolute Gasteiger partial charge is 0.376 e. The van der Waals surface area contributed by atoms with Gasteiger partial charge in [0.15, 0.2) is 0 Å². The lowest BCUT2D eigenvalue weighted by Gasteiger charge is -2.12. The van der Waals surface area contributed by atoms with Gasteiger partial charge in [-0.2, -0.15) is 0 Å². The van der Waals surface area contributed by atoms with Crippen LogP contribution in [0.5, 0.6) is 0 Å². The van der Waals surface area contributed by atoms with Crippen molar-refractivity contribution >= 4 is 21.8 Å². The normalized spacial score (nSPS) is 19.3. The predicted molar refractivity (Wildman–Crippen MR) is 70.2 cm³/mol. The monoisotopic (exact) mass is 297 g/mol. The van der Waals surface area contributed by atoms with Crippen molar-refractivity contribution in [2.45, 2.75) is 25.9 Å². The molecule has 0 bridgehead atoms. The average molecular weight is 298 g/mol. The lowest BCUT2D eigenvalue weighted by Crippen LogP contribution is -2.32. The molecule has 1 amide bonds. The van der Waals surface area contributed by atoms with Crippen LogP contribution in [0.1, 0.15) is 28.8 Å². The smallest absolute Gasteiger partial charge is 0.252 e. The summed E-state index contributed by atoms with van der Waals surface area (Å²) in [7, 11) is 0. The summed E-state index contributed by atoms with van der Waals surface area (Å²) in [6.45, 7) is 3.38. The molecule has 1 N–H and O–H groups in total. The van der Waals surface area contributed by atoms with Gasteiger partial charge < -0.3 is 10.1 Å². The molecule has 1 fully saturated rings. The molecular formula is C13H16BrNO2. The van der Waals surface area contributed by atoms with E-state index in [-0.39, 0.29) is 12.0 Å². The van der Waals surface area contributed by atoms with E-state index in [1.807, 2.05) is 25.1 Å². The molecule has 92 valence electrons. The zero-order valence-electron chi connectivity index (χ0n) is 9.83. The van der Waals surface area contributed by atoms with Crippen molar-refractivity contribution in [1.29, 1.82) is 0 Å². The Hall–Kier alpha value is -0.870. The SMILES string of the molecule is Cc1cccc(C(=O)NCC2CCCO2)c1Br. The van der Waals surface area contributed by atoms with E-state index in [1.54, 1.807) is 0 Å². The van der Waals surface area contributed by atoms with Gasteiger partial charge in [-0.25, -0.2) is 0 Å². The fraction of sp³-hybridized carbons (Fsp3) is 0.462. The third-order valence-electron chi connectivity index (χ3n) is 2.95. The summed E-state index contributed by atoms with van der Waals surface area (Å²) in [6, 6.07) is 5.68. The van der Waals surface area contributed by atoms with Crippen molar-refractivity contribution < 1.29 is 9.53 Å². The third kappa shape index (κ3) is 3.07. The van der Waals surface area contributed by atoms with Crippen molar-refractivity contribution in [3.8, 4) is 0 Å². The van der Waals surface area contributed by atoms with E-state index in [0.717, 1.165) is 29.5 Å². The lowest BCUT2D eigenvalue weighted by molar-refractivity contribution is 0.0857. The van der Waals surface area contributed by atoms with Crippen LogP contribution in [0.25, 0.3) is 0 Å². The quantitative estimate of drug-likeness (QED) is 0.931. The Morgan fingerprint density at radius 2 is 2.41 bits per heavy atom. The molecule has 1 aromatic carbocycles. The van der Waals surface area contributed by atoms with Gasteiger partial charge in [0.1, 0.15) is 0 Å². The number of aryl methyl sites for hydroxylation is 1. The predicted octanol–water partition coefficient (Wildman–Crippen LogP) is 2.67. The van der Waals surface area contributed by atoms with Crippen molar-refractivity contribution in [3.05, 3.63) is 33.8 Å². The van der Waals surface area contributed by atoms with E-state index in [4.69, 9.17) is 4.74 Å². The molecule has 1 aliphatic rings. The molecule has 0 saturated carbocycles. The summed E-state index contributed by atoms with van der Waals surface area (Å²) >= 11 is 3.44. The number of rotatable bonds is 3. The molecule has 1 aliphatic heterocycles. The molecule has 1 aromatic rings. The molecule has 1 atom stereocenters. The Labute approximate surface area is 110 Å². The highest BCUT2D eigenvalue weighted by Gasteiger charge is 2.17. The van der Waals surface area contributed by atoms with E-state index in [2.05, 4.69) is 21.2 Å². The molecule has 17 heavy (non-hydrogen) atoms. The van der Waals surface area contributed by atoms with Crippen molar-refractivity contribution in [2.75, 3.05) is 13.2 Å². The minimum atomic E-state index is -0.0453. The van der Waals surface area contributed by atoms with E-state index in [9.17, 15) is 4.79 Å². The highest BCUT2D eigenvalue weighted by molar-refractivity contribution is 9.10. The summed E-state index contributed by atoms with van der Waals surface area (Å²) in [5.41, 5.74) is 1.75. The van der Waals surface area contributed by atoms with Gasteiger partial charge in [-0.1, -0.05) is 12.1 Å². The van der Waals surface area contributed by atoms with E-state index in [0.29, 0.717) is 12.1 Å². The molecule has 1 saturated heterocycles. The zero-order chi connectivity index (χ0) is 12.3. The minimum Gasteiger partial charge on any atom is -0.376 e. The maximum Gasteiger partial charge on any atom is 0.252 e. The van der Waals surface area contributed by atoms with Gasteiger partial charge in [-0.15, -0.1) is 0 Å². The van der Waals surface area contributed by atoms with Gasteiger partial charge in [-0.05, 0) is 47.3 Å². The van der Waals surface area contributed by atoms with Crippen LogP contribution in [-0.2, 0) is 4.74 Å². The molecule has 1 heterocycles. The summed E-state index contributed by atoms with van der Waals surface area (Å²) in [5.74, 6) is -0.0453. The Morgan fingerprint density at radius 1 is 1.59 bits per heavy atom. The molecule has 0 aliphatic carbocycles. The fourth-order valence-electron chi connectivity index (χ4n) is 1.93. The Kier molecular flexibility index (Phi) is 4.18. The van der Waals surface area contributed by atoms with Crippen LogP contribution in [0.15, 0.2) is 22.7 Å². The number of hydrogen-bond donors (Lipinski definition) is 1. The Bertz CT molecular complexity index is 414. The average Bonchev–Trinajstić information content (AvgIpc) is 2.82. The first-order valence-corrected chi connectivity index (χ1v) is 6.62. The number of carbonyl (C=O) groups excluding carboxylic acids is 1. The number of amides is 1. The maximum absolute atomic E-state index is 12.0. The van der Waals surface area contributed by atoms with Crippen LogP contribution in [0.4, 0.5) is 0 Å². The second-order valence-electron chi connectivity index (χ2n) is 4.28. The third-order valence-corrected chi connectivity index (χ3v) is 4.00. The molecular weight excluding hydrogens is 282 g/mol. The summed E-state index contributed by atoms with van der Waals surface area (Å²) in [4.78, 5) is 12.0. The van der Waals surface area contributed by atoms with Crippen LogP contribution in [0.2, 0.25) is 0 Å². The van der Waals surface area contributed by atoms with Crippen LogP contribution >= 0.6 is 15.9 Å². The minimum absolute atomic E-state index is 0.0453. The summed E-state index contributed by atoms with van der Waals surface area (Å²) in [6.07, 6.45) is 2.31. The molecule has 2 rings (SSSR count). The molecule has 1 unspecified atom stereocenters. The number of hydrogen-bond acceptors (Lipinski definition) is 2. The van der Waals surface area contributed by atoms with Gasteiger partial charge >= 0.3 is 0 Å². The maximum atomic E-state index is 12.0. The molecule has 0 radical (unpaired) electrons. The molecule has 3 nitrogen and oxygen atoms in total.